The van der Waals surface area contributed by atoms with Crippen LogP contribution in [0.2, 0.25) is 0 Å². The molecule has 4 nitrogen and oxygen atoms in total. The fraction of sp³-hybridized carbons (Fsp3) is 0.226. The molecule has 3 heterocycles. The second-order valence-corrected chi connectivity index (χ2v) is 9.92. The van der Waals surface area contributed by atoms with E-state index < -0.39 is 0 Å². The molecule has 3 aromatic heterocycles. The molecule has 4 heteroatoms. The predicted octanol–water partition coefficient (Wildman–Crippen LogP) is 7.53. The van der Waals surface area contributed by atoms with E-state index in [4.69, 9.17) is 18.8 Å². The molecule has 0 aliphatic heterocycles. The van der Waals surface area contributed by atoms with Crippen molar-refractivity contribution in [1.82, 2.24) is 9.97 Å². The highest BCUT2D eigenvalue weighted by molar-refractivity contribution is 5.85. The Bertz CT molecular complexity index is 1530. The third kappa shape index (κ3) is 3.52. The molecular formula is C31H26N2O2. The standard InChI is InChI=1S/C31H26N2O2/c1-19-9-11-20(12-10-19)15-21-16-22-17-26-27(18-25(22)24-6-2-5-23(21)24)33-31(29-8-4-14-35-29)30(32-26)28-7-3-13-34-28/h2-4,6-14,17-18,21,23-24H,5,15-16H2,1H3. The Kier molecular flexibility index (Phi) is 4.73. The van der Waals surface area contributed by atoms with Gasteiger partial charge in [-0.1, -0.05) is 42.0 Å². The molecule has 0 bridgehead atoms. The van der Waals surface area contributed by atoms with Crippen molar-refractivity contribution in [3.05, 3.63) is 108 Å². The fourth-order valence-electron chi connectivity index (χ4n) is 6.00. The maximum Gasteiger partial charge on any atom is 0.154 e. The van der Waals surface area contributed by atoms with E-state index in [0.717, 1.165) is 30.3 Å². The van der Waals surface area contributed by atoms with E-state index in [2.05, 4.69) is 55.5 Å². The SMILES string of the molecule is Cc1ccc(CC2Cc3cc4nc(-c5ccco5)c(-c5ccco5)nc4cc3C3C=CCC23)cc1. The van der Waals surface area contributed by atoms with E-state index in [0.29, 0.717) is 40.7 Å². The van der Waals surface area contributed by atoms with Crippen LogP contribution in [0.5, 0.6) is 0 Å². The first kappa shape index (κ1) is 20.5. The number of hydrogen-bond donors (Lipinski definition) is 0. The van der Waals surface area contributed by atoms with Crippen molar-refractivity contribution in [2.45, 2.75) is 32.1 Å². The summed E-state index contributed by atoms with van der Waals surface area (Å²) >= 11 is 0. The zero-order valence-electron chi connectivity index (χ0n) is 19.6. The molecule has 0 N–H and O–H groups in total. The van der Waals surface area contributed by atoms with Crippen LogP contribution in [0.15, 0.2) is 94.2 Å². The molecule has 0 saturated heterocycles. The Morgan fingerprint density at radius 1 is 0.857 bits per heavy atom. The molecular weight excluding hydrogens is 432 g/mol. The number of furan rings is 2. The van der Waals surface area contributed by atoms with Crippen molar-refractivity contribution in [2.24, 2.45) is 11.8 Å². The van der Waals surface area contributed by atoms with Gasteiger partial charge in [0.2, 0.25) is 0 Å². The summed E-state index contributed by atoms with van der Waals surface area (Å²) in [6.45, 7) is 2.15. The van der Waals surface area contributed by atoms with Gasteiger partial charge in [0, 0.05) is 5.92 Å². The summed E-state index contributed by atoms with van der Waals surface area (Å²) in [6.07, 6.45) is 11.5. The molecule has 172 valence electrons. The van der Waals surface area contributed by atoms with Crippen molar-refractivity contribution >= 4 is 11.0 Å². The number of aryl methyl sites for hydroxylation is 1. The van der Waals surface area contributed by atoms with Gasteiger partial charge < -0.3 is 8.83 Å². The van der Waals surface area contributed by atoms with E-state index in [1.165, 1.54) is 22.3 Å². The van der Waals surface area contributed by atoms with Crippen LogP contribution in [0.25, 0.3) is 33.9 Å². The van der Waals surface area contributed by atoms with Crippen LogP contribution in [-0.2, 0) is 12.8 Å². The molecule has 0 saturated carbocycles. The smallest absolute Gasteiger partial charge is 0.154 e. The Morgan fingerprint density at radius 3 is 2.20 bits per heavy atom. The lowest BCUT2D eigenvalue weighted by Gasteiger charge is -2.36. The molecule has 35 heavy (non-hydrogen) atoms. The number of hydrogen-bond acceptors (Lipinski definition) is 4. The van der Waals surface area contributed by atoms with Crippen molar-refractivity contribution in [3.8, 4) is 22.9 Å². The summed E-state index contributed by atoms with van der Waals surface area (Å²) in [7, 11) is 0. The number of nitrogens with zero attached hydrogens (tertiary/aromatic N) is 2. The maximum atomic E-state index is 5.72. The molecule has 3 atom stereocenters. The largest absolute Gasteiger partial charge is 0.463 e. The highest BCUT2D eigenvalue weighted by Crippen LogP contribution is 2.48. The van der Waals surface area contributed by atoms with Gasteiger partial charge in [0.1, 0.15) is 11.4 Å². The quantitative estimate of drug-likeness (QED) is 0.261. The topological polar surface area (TPSA) is 52.1 Å². The average molecular weight is 459 g/mol. The van der Waals surface area contributed by atoms with E-state index in [9.17, 15) is 0 Å². The Labute approximate surface area is 204 Å². The van der Waals surface area contributed by atoms with Crippen LogP contribution in [-0.4, -0.2) is 9.97 Å². The van der Waals surface area contributed by atoms with E-state index in [1.807, 2.05) is 24.3 Å². The summed E-state index contributed by atoms with van der Waals surface area (Å²) in [4.78, 5) is 10.1. The molecule has 2 aliphatic carbocycles. The minimum atomic E-state index is 0.442. The third-order valence-corrected chi connectivity index (χ3v) is 7.71. The van der Waals surface area contributed by atoms with E-state index in [-0.39, 0.29) is 0 Å². The molecule has 7 rings (SSSR count). The van der Waals surface area contributed by atoms with E-state index in [1.54, 1.807) is 12.5 Å². The highest BCUT2D eigenvalue weighted by atomic mass is 16.3. The number of allylic oxidation sites excluding steroid dienone is 2. The third-order valence-electron chi connectivity index (χ3n) is 7.71. The summed E-state index contributed by atoms with van der Waals surface area (Å²) < 4.78 is 11.4. The van der Waals surface area contributed by atoms with Gasteiger partial charge in [-0.25, -0.2) is 9.97 Å². The number of fused-ring (bicyclic) bond motifs is 4. The van der Waals surface area contributed by atoms with Crippen molar-refractivity contribution in [1.29, 1.82) is 0 Å². The van der Waals surface area contributed by atoms with Gasteiger partial charge in [0.25, 0.3) is 0 Å². The van der Waals surface area contributed by atoms with Gasteiger partial charge in [-0.3, -0.25) is 0 Å². The molecule has 2 aliphatic rings. The number of benzene rings is 2. The fourth-order valence-corrected chi connectivity index (χ4v) is 6.00. The highest BCUT2D eigenvalue weighted by Gasteiger charge is 2.37. The maximum absolute atomic E-state index is 5.72. The van der Waals surface area contributed by atoms with Crippen molar-refractivity contribution in [3.63, 3.8) is 0 Å². The summed E-state index contributed by atoms with van der Waals surface area (Å²) in [5.74, 6) is 3.08. The molecule has 2 aromatic carbocycles. The Balaban J connectivity index is 1.34. The predicted molar refractivity (Wildman–Crippen MR) is 137 cm³/mol. The van der Waals surface area contributed by atoms with Crippen LogP contribution in [0, 0.1) is 18.8 Å². The summed E-state index contributed by atoms with van der Waals surface area (Å²) in [5, 5.41) is 0. The zero-order chi connectivity index (χ0) is 23.4. The summed E-state index contributed by atoms with van der Waals surface area (Å²) in [5.41, 5.74) is 8.77. The minimum absolute atomic E-state index is 0.442. The van der Waals surface area contributed by atoms with Crippen LogP contribution in [0.1, 0.15) is 34.6 Å². The first-order valence-electron chi connectivity index (χ1n) is 12.4. The number of aromatic nitrogens is 2. The Morgan fingerprint density at radius 2 is 1.54 bits per heavy atom. The lowest BCUT2D eigenvalue weighted by molar-refractivity contribution is 0.297. The normalized spacial score (nSPS) is 20.8. The van der Waals surface area contributed by atoms with Crippen LogP contribution in [0.3, 0.4) is 0 Å². The molecule has 0 spiro atoms. The van der Waals surface area contributed by atoms with Crippen molar-refractivity contribution in [2.75, 3.05) is 0 Å². The first-order valence-corrected chi connectivity index (χ1v) is 12.4. The van der Waals surface area contributed by atoms with Crippen LogP contribution < -0.4 is 0 Å². The lowest BCUT2D eigenvalue weighted by Crippen LogP contribution is -2.28. The first-order chi connectivity index (χ1) is 17.2. The molecule has 0 amide bonds. The van der Waals surface area contributed by atoms with Gasteiger partial charge >= 0.3 is 0 Å². The lowest BCUT2D eigenvalue weighted by atomic mass is 9.68. The Hall–Kier alpha value is -3.92. The molecule has 0 radical (unpaired) electrons. The molecule has 0 fully saturated rings. The minimum Gasteiger partial charge on any atom is -0.463 e. The molecule has 3 unspecified atom stereocenters. The summed E-state index contributed by atoms with van der Waals surface area (Å²) in [6, 6.07) is 21.2. The van der Waals surface area contributed by atoms with E-state index >= 15 is 0 Å². The molecule has 5 aromatic rings. The van der Waals surface area contributed by atoms with Gasteiger partial charge in [-0.05, 0) is 91.1 Å². The average Bonchev–Trinajstić information content (AvgIpc) is 3.66. The second kappa shape index (κ2) is 8.09. The van der Waals surface area contributed by atoms with Gasteiger partial charge in [0.05, 0.1) is 23.6 Å². The zero-order valence-corrected chi connectivity index (χ0v) is 19.6. The van der Waals surface area contributed by atoms with Crippen LogP contribution in [0.4, 0.5) is 0 Å². The van der Waals surface area contributed by atoms with Gasteiger partial charge in [-0.15, -0.1) is 0 Å². The van der Waals surface area contributed by atoms with Gasteiger partial charge in [0.15, 0.2) is 11.5 Å². The second-order valence-electron chi connectivity index (χ2n) is 9.92. The number of rotatable bonds is 4. The monoisotopic (exact) mass is 458 g/mol. The van der Waals surface area contributed by atoms with Crippen molar-refractivity contribution < 1.29 is 8.83 Å². The van der Waals surface area contributed by atoms with Gasteiger partial charge in [-0.2, -0.15) is 0 Å². The van der Waals surface area contributed by atoms with Crippen LogP contribution >= 0.6 is 0 Å².